The SMILES string of the molecule is O=C1CCCN1CCCN1CC(OCC2CC2)CN(Cc2cccc3cccnc23)CC1=O. The van der Waals surface area contributed by atoms with E-state index in [2.05, 4.69) is 34.1 Å². The molecule has 1 saturated carbocycles. The summed E-state index contributed by atoms with van der Waals surface area (Å²) < 4.78 is 6.30. The lowest BCUT2D eigenvalue weighted by Gasteiger charge is -2.26. The minimum absolute atomic E-state index is 0.00778. The van der Waals surface area contributed by atoms with Crippen LogP contribution in [0.25, 0.3) is 10.9 Å². The van der Waals surface area contributed by atoms with Crippen molar-refractivity contribution < 1.29 is 14.3 Å². The van der Waals surface area contributed by atoms with E-state index in [9.17, 15) is 9.59 Å². The second-order valence-corrected chi connectivity index (χ2v) is 9.74. The molecule has 3 fully saturated rings. The normalized spacial score (nSPS) is 22.4. The molecule has 33 heavy (non-hydrogen) atoms. The Morgan fingerprint density at radius 3 is 2.67 bits per heavy atom. The molecule has 0 spiro atoms. The lowest BCUT2D eigenvalue weighted by molar-refractivity contribution is -0.132. The van der Waals surface area contributed by atoms with Crippen LogP contribution in [0.4, 0.5) is 0 Å². The van der Waals surface area contributed by atoms with Crippen molar-refractivity contribution in [3.05, 3.63) is 42.1 Å². The third kappa shape index (κ3) is 5.71. The lowest BCUT2D eigenvalue weighted by atomic mass is 10.1. The second kappa shape index (κ2) is 10.2. The smallest absolute Gasteiger partial charge is 0.236 e. The number of pyridine rings is 1. The number of benzene rings is 1. The monoisotopic (exact) mass is 450 g/mol. The van der Waals surface area contributed by atoms with Crippen LogP contribution in [-0.4, -0.2) is 83.5 Å². The standard InChI is InChI=1S/C26H34N4O3/c31-24-8-3-12-29(24)13-4-14-30-17-23(33-19-20-9-10-20)16-28(18-25(30)32)15-22-6-1-5-21-7-2-11-27-26(21)22/h1-2,5-7,11,20,23H,3-4,8-10,12-19H2. The zero-order valence-corrected chi connectivity index (χ0v) is 19.3. The number of fused-ring (bicyclic) bond motifs is 1. The van der Waals surface area contributed by atoms with Crippen molar-refractivity contribution in [2.45, 2.75) is 44.8 Å². The maximum atomic E-state index is 13.2. The Bertz CT molecular complexity index is 987. The third-order valence-electron chi connectivity index (χ3n) is 7.00. The summed E-state index contributed by atoms with van der Waals surface area (Å²) in [4.78, 5) is 35.8. The molecular formula is C26H34N4O3. The van der Waals surface area contributed by atoms with Gasteiger partial charge in [-0.15, -0.1) is 0 Å². The third-order valence-corrected chi connectivity index (χ3v) is 7.00. The molecule has 2 aromatic rings. The largest absolute Gasteiger partial charge is 0.375 e. The molecule has 0 radical (unpaired) electrons. The summed E-state index contributed by atoms with van der Waals surface area (Å²) in [5.74, 6) is 1.08. The van der Waals surface area contributed by atoms with E-state index in [0.29, 0.717) is 38.5 Å². The van der Waals surface area contributed by atoms with E-state index >= 15 is 0 Å². The molecule has 2 amide bonds. The number of nitrogens with zero attached hydrogens (tertiary/aromatic N) is 4. The quantitative estimate of drug-likeness (QED) is 0.588. The molecule has 2 saturated heterocycles. The average Bonchev–Trinajstić information content (AvgIpc) is 3.58. The number of aromatic nitrogens is 1. The summed E-state index contributed by atoms with van der Waals surface area (Å²) in [5.41, 5.74) is 2.14. The predicted molar refractivity (Wildman–Crippen MR) is 126 cm³/mol. The number of likely N-dealkylation sites (tertiary alicyclic amines) is 1. The maximum absolute atomic E-state index is 13.2. The number of hydrogen-bond donors (Lipinski definition) is 0. The molecule has 2 aliphatic heterocycles. The molecule has 0 bridgehead atoms. The first-order valence-corrected chi connectivity index (χ1v) is 12.4. The van der Waals surface area contributed by atoms with Gasteiger partial charge in [-0.2, -0.15) is 0 Å². The van der Waals surface area contributed by atoms with E-state index in [1.165, 1.54) is 12.8 Å². The van der Waals surface area contributed by atoms with Crippen molar-refractivity contribution in [1.82, 2.24) is 19.7 Å². The molecule has 7 nitrogen and oxygen atoms in total. The van der Waals surface area contributed by atoms with Gasteiger partial charge in [0, 0.05) is 63.9 Å². The fourth-order valence-corrected chi connectivity index (χ4v) is 4.98. The van der Waals surface area contributed by atoms with Crippen LogP contribution in [-0.2, 0) is 20.9 Å². The van der Waals surface area contributed by atoms with Crippen LogP contribution in [0.3, 0.4) is 0 Å². The molecule has 1 aliphatic carbocycles. The van der Waals surface area contributed by atoms with Crippen molar-refractivity contribution in [2.24, 2.45) is 5.92 Å². The van der Waals surface area contributed by atoms with Gasteiger partial charge in [0.2, 0.25) is 11.8 Å². The van der Waals surface area contributed by atoms with E-state index in [1.807, 2.05) is 22.1 Å². The summed E-state index contributed by atoms with van der Waals surface area (Å²) in [7, 11) is 0. The average molecular weight is 451 g/mol. The molecule has 1 aromatic carbocycles. The Balaban J connectivity index is 1.25. The highest BCUT2D eigenvalue weighted by molar-refractivity contribution is 5.82. The Morgan fingerprint density at radius 2 is 1.85 bits per heavy atom. The van der Waals surface area contributed by atoms with Crippen molar-refractivity contribution in [2.75, 3.05) is 45.9 Å². The fraction of sp³-hybridized carbons (Fsp3) is 0.577. The van der Waals surface area contributed by atoms with Gasteiger partial charge in [0.1, 0.15) is 0 Å². The number of rotatable bonds is 9. The van der Waals surface area contributed by atoms with Crippen LogP contribution in [0.5, 0.6) is 0 Å². The molecule has 5 rings (SSSR count). The first-order chi connectivity index (χ1) is 16.2. The fourth-order valence-electron chi connectivity index (χ4n) is 4.98. The second-order valence-electron chi connectivity index (χ2n) is 9.74. The number of carbonyl (C=O) groups excluding carboxylic acids is 2. The van der Waals surface area contributed by atoms with Crippen LogP contribution >= 0.6 is 0 Å². The summed E-state index contributed by atoms with van der Waals surface area (Å²) in [5, 5.41) is 1.12. The Morgan fingerprint density at radius 1 is 1.00 bits per heavy atom. The molecule has 1 aromatic heterocycles. The zero-order valence-electron chi connectivity index (χ0n) is 19.3. The molecule has 1 unspecified atom stereocenters. The Labute approximate surface area is 195 Å². The van der Waals surface area contributed by atoms with E-state index < -0.39 is 0 Å². The highest BCUT2D eigenvalue weighted by atomic mass is 16.5. The van der Waals surface area contributed by atoms with Crippen LogP contribution in [0.15, 0.2) is 36.5 Å². The summed E-state index contributed by atoms with van der Waals surface area (Å²) in [6, 6.07) is 10.3. The van der Waals surface area contributed by atoms with Gasteiger partial charge in [-0.1, -0.05) is 24.3 Å². The van der Waals surface area contributed by atoms with Gasteiger partial charge in [-0.25, -0.2) is 0 Å². The molecule has 7 heteroatoms. The molecule has 1 atom stereocenters. The minimum Gasteiger partial charge on any atom is -0.375 e. The van der Waals surface area contributed by atoms with Crippen molar-refractivity contribution in [1.29, 1.82) is 0 Å². The zero-order chi connectivity index (χ0) is 22.6. The number of amides is 2. The van der Waals surface area contributed by atoms with Crippen LogP contribution in [0.2, 0.25) is 0 Å². The van der Waals surface area contributed by atoms with Gasteiger partial charge in [-0.05, 0) is 43.2 Å². The highest BCUT2D eigenvalue weighted by Crippen LogP contribution is 2.29. The van der Waals surface area contributed by atoms with Gasteiger partial charge in [0.25, 0.3) is 0 Å². The van der Waals surface area contributed by atoms with Crippen molar-refractivity contribution in [3.8, 4) is 0 Å². The summed E-state index contributed by atoms with van der Waals surface area (Å²) in [6.45, 7) is 5.49. The van der Waals surface area contributed by atoms with E-state index in [4.69, 9.17) is 4.74 Å². The molecule has 3 aliphatic rings. The minimum atomic E-state index is 0.00778. The molecule has 0 N–H and O–H groups in total. The van der Waals surface area contributed by atoms with E-state index in [0.717, 1.165) is 55.5 Å². The Kier molecular flexibility index (Phi) is 6.88. The molecule has 3 heterocycles. The van der Waals surface area contributed by atoms with Gasteiger partial charge >= 0.3 is 0 Å². The number of para-hydroxylation sites is 1. The first kappa shape index (κ1) is 22.3. The van der Waals surface area contributed by atoms with E-state index in [1.54, 1.807) is 0 Å². The lowest BCUT2D eigenvalue weighted by Crippen LogP contribution is -2.40. The van der Waals surface area contributed by atoms with Gasteiger partial charge in [0.15, 0.2) is 0 Å². The van der Waals surface area contributed by atoms with Crippen molar-refractivity contribution >= 4 is 22.7 Å². The first-order valence-electron chi connectivity index (χ1n) is 12.4. The van der Waals surface area contributed by atoms with Crippen molar-refractivity contribution in [3.63, 3.8) is 0 Å². The van der Waals surface area contributed by atoms with Crippen LogP contribution in [0.1, 0.15) is 37.7 Å². The Hall–Kier alpha value is -2.51. The molecular weight excluding hydrogens is 416 g/mol. The van der Waals surface area contributed by atoms with E-state index in [-0.39, 0.29) is 17.9 Å². The van der Waals surface area contributed by atoms with Gasteiger partial charge in [-0.3, -0.25) is 19.5 Å². The number of ether oxygens (including phenoxy) is 1. The summed E-state index contributed by atoms with van der Waals surface area (Å²) in [6.07, 6.45) is 6.78. The summed E-state index contributed by atoms with van der Waals surface area (Å²) >= 11 is 0. The van der Waals surface area contributed by atoms with Gasteiger partial charge < -0.3 is 14.5 Å². The molecule has 176 valence electrons. The number of carbonyl (C=O) groups is 2. The predicted octanol–water partition coefficient (Wildman–Crippen LogP) is 2.69. The van der Waals surface area contributed by atoms with Crippen LogP contribution < -0.4 is 0 Å². The number of hydrogen-bond acceptors (Lipinski definition) is 5. The topological polar surface area (TPSA) is 66.0 Å². The highest BCUT2D eigenvalue weighted by Gasteiger charge is 2.31. The van der Waals surface area contributed by atoms with Gasteiger partial charge in [0.05, 0.1) is 18.2 Å². The maximum Gasteiger partial charge on any atom is 0.236 e. The van der Waals surface area contributed by atoms with Crippen LogP contribution in [0, 0.1) is 5.92 Å².